The maximum Gasteiger partial charge on any atom is 0.338 e. The number of imide groups is 1. The Labute approximate surface area is 80.6 Å². The molecule has 1 aliphatic rings. The zero-order chi connectivity index (χ0) is 10.9. The quantitative estimate of drug-likeness (QED) is 0.440. The first-order valence-electron chi connectivity index (χ1n) is 3.69. The number of rotatable bonds is 2. The van der Waals surface area contributed by atoms with Crippen molar-refractivity contribution >= 4 is 22.1 Å². The summed E-state index contributed by atoms with van der Waals surface area (Å²) in [4.78, 5) is 22.7. The fraction of sp³-hybridized carbons (Fsp3) is 0.600. The minimum atomic E-state index is -3.87. The van der Waals surface area contributed by atoms with Crippen molar-refractivity contribution in [3.8, 4) is 0 Å². The van der Waals surface area contributed by atoms with Crippen molar-refractivity contribution in [2.75, 3.05) is 13.6 Å². The van der Waals surface area contributed by atoms with Gasteiger partial charge in [-0.05, 0) is 0 Å². The topological polar surface area (TPSA) is 122 Å². The molecule has 80 valence electrons. The number of β-lactam (4-membered cyclic amide) rings is 1. The Morgan fingerprint density at radius 3 is 2.57 bits per heavy atom. The molecule has 0 bridgehead atoms. The second kappa shape index (κ2) is 3.52. The summed E-state index contributed by atoms with van der Waals surface area (Å²) in [5.41, 5.74) is 5.21. The third-order valence-electron chi connectivity index (χ3n) is 1.70. The first-order valence-corrected chi connectivity index (χ1v) is 5.18. The number of nitrogens with two attached hydrogens (primary N) is 1. The molecule has 0 aromatic rings. The van der Waals surface area contributed by atoms with Gasteiger partial charge in [0.25, 0.3) is 0 Å². The highest BCUT2D eigenvalue weighted by atomic mass is 32.2. The van der Waals surface area contributed by atoms with Crippen LogP contribution in [0.25, 0.3) is 0 Å². The molecule has 8 nitrogen and oxygen atoms in total. The van der Waals surface area contributed by atoms with Crippen molar-refractivity contribution < 1.29 is 18.0 Å². The lowest BCUT2D eigenvalue weighted by atomic mass is 10.1. The van der Waals surface area contributed by atoms with E-state index in [4.69, 9.17) is 5.73 Å². The van der Waals surface area contributed by atoms with Crippen LogP contribution in [0.1, 0.15) is 0 Å². The van der Waals surface area contributed by atoms with Crippen molar-refractivity contribution in [1.82, 2.24) is 14.3 Å². The number of nitrogens with zero attached hydrogens (tertiary/aromatic N) is 1. The van der Waals surface area contributed by atoms with Gasteiger partial charge in [-0.3, -0.25) is 9.69 Å². The van der Waals surface area contributed by atoms with Crippen LogP contribution < -0.4 is 15.2 Å². The molecular formula is C5H10N4O4S. The summed E-state index contributed by atoms with van der Waals surface area (Å²) in [5, 5.41) is 0. The molecule has 1 fully saturated rings. The van der Waals surface area contributed by atoms with Crippen LogP contribution in [0.5, 0.6) is 0 Å². The van der Waals surface area contributed by atoms with Crippen molar-refractivity contribution in [1.29, 1.82) is 0 Å². The number of carbonyl (C=O) groups excluding carboxylic acids is 2. The van der Waals surface area contributed by atoms with E-state index in [-0.39, 0.29) is 6.54 Å². The number of likely N-dealkylation sites (tertiary alicyclic amines) is 1. The summed E-state index contributed by atoms with van der Waals surface area (Å²) in [6.45, 7) is 0.0316. The van der Waals surface area contributed by atoms with Crippen molar-refractivity contribution in [2.45, 2.75) is 6.04 Å². The fourth-order valence-electron chi connectivity index (χ4n) is 0.857. The second-order valence-electron chi connectivity index (χ2n) is 2.67. The Morgan fingerprint density at radius 2 is 2.21 bits per heavy atom. The third kappa shape index (κ3) is 2.00. The molecule has 0 aromatic carbocycles. The smallest absolute Gasteiger partial charge is 0.318 e. The molecule has 1 saturated heterocycles. The van der Waals surface area contributed by atoms with E-state index >= 15 is 0 Å². The van der Waals surface area contributed by atoms with Crippen LogP contribution in [0.15, 0.2) is 0 Å². The van der Waals surface area contributed by atoms with E-state index in [9.17, 15) is 18.0 Å². The van der Waals surface area contributed by atoms with Crippen LogP contribution in [0.4, 0.5) is 4.79 Å². The average Bonchev–Trinajstić information content (AvgIpc) is 2.12. The lowest BCUT2D eigenvalue weighted by molar-refractivity contribution is -0.137. The lowest BCUT2D eigenvalue weighted by Crippen LogP contribution is -2.65. The number of amides is 3. The summed E-state index contributed by atoms with van der Waals surface area (Å²) >= 11 is 0. The molecule has 1 atom stereocenters. The van der Waals surface area contributed by atoms with E-state index in [2.05, 4.69) is 0 Å². The number of urea groups is 1. The highest BCUT2D eigenvalue weighted by Crippen LogP contribution is 2.07. The molecule has 1 rings (SSSR count). The molecule has 14 heavy (non-hydrogen) atoms. The largest absolute Gasteiger partial charge is 0.338 e. The number of hydrogen-bond acceptors (Lipinski definition) is 5. The predicted octanol–water partition coefficient (Wildman–Crippen LogP) is -2.67. The zero-order valence-electron chi connectivity index (χ0n) is 7.35. The van der Waals surface area contributed by atoms with E-state index in [1.807, 2.05) is 4.72 Å². The molecular weight excluding hydrogens is 212 g/mol. The van der Waals surface area contributed by atoms with Gasteiger partial charge < -0.3 is 5.73 Å². The third-order valence-corrected chi connectivity index (χ3v) is 2.68. The van der Waals surface area contributed by atoms with Crippen LogP contribution in [0, 0.1) is 0 Å². The molecule has 1 heterocycles. The maximum absolute atomic E-state index is 11.1. The Bertz CT molecular complexity index is 364. The van der Waals surface area contributed by atoms with Crippen molar-refractivity contribution in [2.24, 2.45) is 5.73 Å². The Morgan fingerprint density at radius 1 is 1.64 bits per heavy atom. The Balaban J connectivity index is 2.57. The van der Waals surface area contributed by atoms with Gasteiger partial charge in [-0.25, -0.2) is 14.2 Å². The SMILES string of the molecule is CNS(=O)(=O)NC(=O)N1CC(N)C1=O. The van der Waals surface area contributed by atoms with Crippen LogP contribution >= 0.6 is 0 Å². The molecule has 1 unspecified atom stereocenters. The first-order chi connectivity index (χ1) is 6.37. The van der Waals surface area contributed by atoms with Gasteiger partial charge >= 0.3 is 16.2 Å². The summed E-state index contributed by atoms with van der Waals surface area (Å²) in [5.74, 6) is -0.589. The van der Waals surface area contributed by atoms with Gasteiger partial charge in [-0.1, -0.05) is 0 Å². The van der Waals surface area contributed by atoms with Gasteiger partial charge in [-0.15, -0.1) is 0 Å². The predicted molar refractivity (Wildman–Crippen MR) is 46.2 cm³/mol. The average molecular weight is 222 g/mol. The van der Waals surface area contributed by atoms with Crippen LogP contribution in [0.3, 0.4) is 0 Å². The van der Waals surface area contributed by atoms with Gasteiger partial charge in [0, 0.05) is 7.05 Å². The molecule has 0 spiro atoms. The van der Waals surface area contributed by atoms with Crippen molar-refractivity contribution in [3.05, 3.63) is 0 Å². The highest BCUT2D eigenvalue weighted by Gasteiger charge is 2.39. The monoisotopic (exact) mass is 222 g/mol. The molecule has 9 heteroatoms. The van der Waals surface area contributed by atoms with Gasteiger partial charge in [0.2, 0.25) is 5.91 Å². The van der Waals surface area contributed by atoms with Crippen molar-refractivity contribution in [3.63, 3.8) is 0 Å². The standard InChI is InChI=1S/C5H10N4O4S/c1-7-14(12,13)8-5(11)9-2-3(6)4(9)10/h3,7H,2,6H2,1H3,(H,8,11). The molecule has 4 N–H and O–H groups in total. The van der Waals surface area contributed by atoms with Crippen LogP contribution in [-0.2, 0) is 15.0 Å². The van der Waals surface area contributed by atoms with E-state index in [1.165, 1.54) is 0 Å². The Hall–Kier alpha value is -1.19. The molecule has 0 radical (unpaired) electrons. The molecule has 1 aliphatic heterocycles. The van der Waals surface area contributed by atoms with E-state index in [1.54, 1.807) is 4.72 Å². The summed E-state index contributed by atoms with van der Waals surface area (Å²) in [7, 11) is -2.73. The minimum absolute atomic E-state index is 0.0316. The highest BCUT2D eigenvalue weighted by molar-refractivity contribution is 7.88. The minimum Gasteiger partial charge on any atom is -0.318 e. The summed E-state index contributed by atoms with van der Waals surface area (Å²) < 4.78 is 25.2. The van der Waals surface area contributed by atoms with Crippen LogP contribution in [0.2, 0.25) is 0 Å². The number of hydrogen-bond donors (Lipinski definition) is 3. The first kappa shape index (κ1) is 10.9. The normalized spacial score (nSPS) is 21.7. The molecule has 3 amide bonds. The summed E-state index contributed by atoms with van der Waals surface area (Å²) in [6.07, 6.45) is 0. The van der Waals surface area contributed by atoms with E-state index in [0.29, 0.717) is 0 Å². The maximum atomic E-state index is 11.1. The lowest BCUT2D eigenvalue weighted by Gasteiger charge is -2.33. The van der Waals surface area contributed by atoms with Gasteiger partial charge in [0.1, 0.15) is 6.04 Å². The molecule has 0 saturated carbocycles. The van der Waals surface area contributed by atoms with Crippen LogP contribution in [-0.4, -0.2) is 44.9 Å². The Kier molecular flexibility index (Phi) is 2.73. The zero-order valence-corrected chi connectivity index (χ0v) is 8.17. The number of nitrogens with one attached hydrogen (secondary N) is 2. The van der Waals surface area contributed by atoms with Gasteiger partial charge in [-0.2, -0.15) is 8.42 Å². The molecule has 0 aliphatic carbocycles. The van der Waals surface area contributed by atoms with Gasteiger partial charge in [0.05, 0.1) is 6.54 Å². The second-order valence-corrected chi connectivity index (χ2v) is 4.29. The fourth-order valence-corrected chi connectivity index (χ4v) is 1.30. The van der Waals surface area contributed by atoms with E-state index in [0.717, 1.165) is 11.9 Å². The molecule has 0 aromatic heterocycles. The van der Waals surface area contributed by atoms with E-state index < -0.39 is 28.2 Å². The number of carbonyl (C=O) groups is 2. The summed E-state index contributed by atoms with van der Waals surface area (Å²) in [6, 6.07) is -1.70. The van der Waals surface area contributed by atoms with Gasteiger partial charge in [0.15, 0.2) is 0 Å².